The van der Waals surface area contributed by atoms with E-state index in [1.54, 1.807) is 0 Å². The molecule has 122 valence electrons. The number of nitrogens with two attached hydrogens (primary N) is 1. The van der Waals surface area contributed by atoms with Crippen LogP contribution >= 0.6 is 0 Å². The zero-order valence-electron chi connectivity index (χ0n) is 12.3. The van der Waals surface area contributed by atoms with Gasteiger partial charge in [-0.15, -0.1) is 0 Å². The summed E-state index contributed by atoms with van der Waals surface area (Å²) in [5.41, 5.74) is 5.18. The van der Waals surface area contributed by atoms with Crippen LogP contribution in [0.15, 0.2) is 0 Å². The van der Waals surface area contributed by atoms with Crippen LogP contribution in [-0.2, 0) is 14.3 Å². The molecule has 1 rings (SSSR count). The number of ether oxygens (including phenoxy) is 1. The van der Waals surface area contributed by atoms with Gasteiger partial charge in [0.25, 0.3) is 0 Å². The standard InChI is InChI=1S/C11H20N2O8.Na/c1-4(14)13-7-5(15)2-11(20,10(18)19)21-9(7)8(17)6(16)3-12;/h5-9,15-17,20H,2-3,12H2,1H3,(H,13,14)(H,18,19);/q;+1/p-1. The number of nitrogens with one attached hydrogen (secondary N) is 1. The zero-order chi connectivity index (χ0) is 16.4. The summed E-state index contributed by atoms with van der Waals surface area (Å²) in [5.74, 6) is -5.45. The second-order valence-electron chi connectivity index (χ2n) is 4.95. The van der Waals surface area contributed by atoms with Crippen molar-refractivity contribution in [2.45, 2.75) is 49.6 Å². The predicted octanol–water partition coefficient (Wildman–Crippen LogP) is -8.24. The van der Waals surface area contributed by atoms with Crippen molar-refractivity contribution >= 4 is 11.9 Å². The van der Waals surface area contributed by atoms with Crippen LogP contribution in [0.5, 0.6) is 0 Å². The number of hydrogen-bond acceptors (Lipinski definition) is 9. The van der Waals surface area contributed by atoms with Gasteiger partial charge in [-0.05, 0) is 0 Å². The summed E-state index contributed by atoms with van der Waals surface area (Å²) >= 11 is 0. The average molecular weight is 330 g/mol. The Bertz CT molecular complexity index is 412. The van der Waals surface area contributed by atoms with Gasteiger partial charge in [-0.3, -0.25) is 4.79 Å². The van der Waals surface area contributed by atoms with Crippen LogP contribution in [0.3, 0.4) is 0 Å². The first-order chi connectivity index (χ1) is 9.62. The molecule has 0 saturated carbocycles. The molecule has 1 aliphatic rings. The fourth-order valence-electron chi connectivity index (χ4n) is 2.16. The summed E-state index contributed by atoms with van der Waals surface area (Å²) < 4.78 is 4.86. The van der Waals surface area contributed by atoms with Crippen molar-refractivity contribution in [3.05, 3.63) is 0 Å². The van der Waals surface area contributed by atoms with Crippen molar-refractivity contribution < 1.29 is 69.4 Å². The molecule has 0 radical (unpaired) electrons. The molecule has 6 atom stereocenters. The van der Waals surface area contributed by atoms with Gasteiger partial charge in [0.2, 0.25) is 11.7 Å². The van der Waals surface area contributed by atoms with Crippen LogP contribution in [0, 0.1) is 0 Å². The molecular weight excluding hydrogens is 311 g/mol. The SMILES string of the molecule is CC(=O)NC1C(O)CC(O)(C(=O)[O-])OC1C(O)C(O)CN.[Na+]. The van der Waals surface area contributed by atoms with E-state index in [0.29, 0.717) is 0 Å². The quantitative estimate of drug-likeness (QED) is 0.266. The molecule has 10 nitrogen and oxygen atoms in total. The molecule has 11 heteroatoms. The van der Waals surface area contributed by atoms with Gasteiger partial charge in [-0.25, -0.2) is 0 Å². The molecule has 6 unspecified atom stereocenters. The maximum absolute atomic E-state index is 11.1. The molecule has 0 spiro atoms. The number of aliphatic hydroxyl groups is 4. The molecule has 22 heavy (non-hydrogen) atoms. The van der Waals surface area contributed by atoms with E-state index in [0.717, 1.165) is 6.92 Å². The van der Waals surface area contributed by atoms with Gasteiger partial charge in [-0.2, -0.15) is 0 Å². The first kappa shape index (κ1) is 21.7. The van der Waals surface area contributed by atoms with Crippen LogP contribution in [0.25, 0.3) is 0 Å². The van der Waals surface area contributed by atoms with Crippen molar-refractivity contribution in [1.29, 1.82) is 0 Å². The number of aliphatic carboxylic acids is 1. The number of amides is 1. The predicted molar refractivity (Wildman–Crippen MR) is 64.1 cm³/mol. The molecule has 0 aromatic rings. The largest absolute Gasteiger partial charge is 1.00 e. The number of carbonyl (C=O) groups excluding carboxylic acids is 2. The van der Waals surface area contributed by atoms with E-state index >= 15 is 0 Å². The molecule has 0 aromatic heterocycles. The van der Waals surface area contributed by atoms with Crippen molar-refractivity contribution in [3.63, 3.8) is 0 Å². The van der Waals surface area contributed by atoms with E-state index < -0.39 is 54.5 Å². The summed E-state index contributed by atoms with van der Waals surface area (Å²) in [5, 5.41) is 52.3. The van der Waals surface area contributed by atoms with E-state index in [4.69, 9.17) is 10.5 Å². The summed E-state index contributed by atoms with van der Waals surface area (Å²) in [4.78, 5) is 22.0. The maximum atomic E-state index is 11.1. The summed E-state index contributed by atoms with van der Waals surface area (Å²) in [6.45, 7) is 0.753. The molecule has 0 aliphatic carbocycles. The van der Waals surface area contributed by atoms with E-state index in [2.05, 4.69) is 5.32 Å². The normalized spacial score (nSPS) is 34.2. The van der Waals surface area contributed by atoms with Crippen molar-refractivity contribution in [2.75, 3.05) is 6.54 Å². The molecule has 1 heterocycles. The van der Waals surface area contributed by atoms with E-state index in [9.17, 15) is 35.1 Å². The second kappa shape index (κ2) is 8.52. The van der Waals surface area contributed by atoms with E-state index in [-0.39, 0.29) is 36.1 Å². The third kappa shape index (κ3) is 4.85. The number of carbonyl (C=O) groups is 2. The van der Waals surface area contributed by atoms with Crippen LogP contribution in [0.2, 0.25) is 0 Å². The van der Waals surface area contributed by atoms with Crippen molar-refractivity contribution in [2.24, 2.45) is 5.73 Å². The Balaban J connectivity index is 0.00000441. The van der Waals surface area contributed by atoms with Gasteiger partial charge < -0.3 is 46.1 Å². The molecule has 7 N–H and O–H groups in total. The Morgan fingerprint density at radius 3 is 2.45 bits per heavy atom. The summed E-state index contributed by atoms with van der Waals surface area (Å²) in [7, 11) is 0. The monoisotopic (exact) mass is 330 g/mol. The Kier molecular flexibility index (Phi) is 8.41. The van der Waals surface area contributed by atoms with Gasteiger partial charge in [0.05, 0.1) is 18.2 Å². The molecule has 1 fully saturated rings. The van der Waals surface area contributed by atoms with Gasteiger partial charge in [0.15, 0.2) is 0 Å². The van der Waals surface area contributed by atoms with Crippen LogP contribution in [-0.4, -0.2) is 75.1 Å². The summed E-state index contributed by atoms with van der Waals surface area (Å²) in [6.07, 6.45) is -7.17. The molecule has 1 aliphatic heterocycles. The number of carboxylic acid groups (broad SMARTS) is 1. The smallest absolute Gasteiger partial charge is 0.544 e. The third-order valence-electron chi connectivity index (χ3n) is 3.25. The maximum Gasteiger partial charge on any atom is 1.00 e. The van der Waals surface area contributed by atoms with E-state index in [1.807, 2.05) is 0 Å². The number of rotatable bonds is 5. The Hall–Kier alpha value is -0.300. The Morgan fingerprint density at radius 1 is 1.50 bits per heavy atom. The molecule has 0 aromatic carbocycles. The molecule has 1 saturated heterocycles. The minimum atomic E-state index is -2.85. The van der Waals surface area contributed by atoms with Gasteiger partial charge in [-0.1, -0.05) is 0 Å². The molecule has 1 amide bonds. The van der Waals surface area contributed by atoms with Gasteiger partial charge in [0.1, 0.15) is 18.2 Å². The topological polar surface area (TPSA) is 185 Å². The Labute approximate surface area is 148 Å². The number of carboxylic acids is 1. The van der Waals surface area contributed by atoms with Crippen molar-refractivity contribution in [3.8, 4) is 0 Å². The van der Waals surface area contributed by atoms with Gasteiger partial charge in [0, 0.05) is 19.9 Å². The van der Waals surface area contributed by atoms with Crippen LogP contribution in [0.1, 0.15) is 13.3 Å². The summed E-state index contributed by atoms with van der Waals surface area (Å²) in [6, 6.07) is -1.24. The van der Waals surface area contributed by atoms with Gasteiger partial charge >= 0.3 is 29.6 Å². The fraction of sp³-hybridized carbons (Fsp3) is 0.818. The Morgan fingerprint density at radius 2 is 2.05 bits per heavy atom. The van der Waals surface area contributed by atoms with E-state index in [1.165, 1.54) is 0 Å². The van der Waals surface area contributed by atoms with Crippen molar-refractivity contribution in [1.82, 2.24) is 5.32 Å². The molecule has 0 bridgehead atoms. The molecular formula is C11H19N2NaO8. The first-order valence-electron chi connectivity index (χ1n) is 6.25. The first-order valence-corrected chi connectivity index (χ1v) is 6.25. The minimum Gasteiger partial charge on any atom is -0.544 e. The zero-order valence-corrected chi connectivity index (χ0v) is 14.3. The number of hydrogen-bond donors (Lipinski definition) is 6. The average Bonchev–Trinajstić information content (AvgIpc) is 2.39. The fourth-order valence-corrected chi connectivity index (χ4v) is 2.16. The minimum absolute atomic E-state index is 0. The number of aliphatic hydroxyl groups excluding tert-OH is 3. The van der Waals surface area contributed by atoms with Crippen LogP contribution < -0.4 is 45.7 Å². The second-order valence-corrected chi connectivity index (χ2v) is 4.95. The van der Waals surface area contributed by atoms with Crippen LogP contribution in [0.4, 0.5) is 0 Å². The third-order valence-corrected chi connectivity index (χ3v) is 3.25.